The fourth-order valence-electron chi connectivity index (χ4n) is 2.47. The topological polar surface area (TPSA) is 96.9 Å². The quantitative estimate of drug-likeness (QED) is 0.743. The Morgan fingerprint density at radius 3 is 2.62 bits per heavy atom. The zero-order valence-electron chi connectivity index (χ0n) is 12.2. The Balaban J connectivity index is 1.79. The molecular weight excluding hydrogens is 274 g/mol. The van der Waals surface area contributed by atoms with Gasteiger partial charge in [-0.3, -0.25) is 9.59 Å². The van der Waals surface area contributed by atoms with Crippen molar-refractivity contribution in [3.05, 3.63) is 0 Å². The Kier molecular flexibility index (Phi) is 5.30. The van der Waals surface area contributed by atoms with E-state index in [0.717, 1.165) is 25.7 Å². The maximum absolute atomic E-state index is 12.0. The van der Waals surface area contributed by atoms with Crippen molar-refractivity contribution in [3.63, 3.8) is 0 Å². The van der Waals surface area contributed by atoms with Crippen LogP contribution in [0.15, 0.2) is 5.10 Å². The van der Waals surface area contributed by atoms with Gasteiger partial charge in [-0.1, -0.05) is 19.3 Å². The number of hydrazone groups is 1. The summed E-state index contributed by atoms with van der Waals surface area (Å²) in [6.07, 6.45) is 4.99. The molecule has 116 valence electrons. The number of nitrogens with one attached hydrogen (secondary N) is 2. The zero-order valence-corrected chi connectivity index (χ0v) is 12.2. The third kappa shape index (κ3) is 4.54. The molecule has 0 aromatic rings. The van der Waals surface area contributed by atoms with Gasteiger partial charge < -0.3 is 10.1 Å². The van der Waals surface area contributed by atoms with E-state index >= 15 is 0 Å². The van der Waals surface area contributed by atoms with Gasteiger partial charge in [-0.25, -0.2) is 10.2 Å². The van der Waals surface area contributed by atoms with Crippen molar-refractivity contribution >= 4 is 23.5 Å². The summed E-state index contributed by atoms with van der Waals surface area (Å²) in [5.41, 5.74) is 2.37. The highest BCUT2D eigenvalue weighted by atomic mass is 16.5. The van der Waals surface area contributed by atoms with Crippen LogP contribution in [0.4, 0.5) is 0 Å². The molecule has 1 fully saturated rings. The fourth-order valence-corrected chi connectivity index (χ4v) is 2.47. The number of carbonyl (C=O) groups is 3. The molecule has 2 amide bonds. The van der Waals surface area contributed by atoms with E-state index in [0.29, 0.717) is 0 Å². The molecule has 1 aliphatic carbocycles. The van der Waals surface area contributed by atoms with E-state index in [-0.39, 0.29) is 36.4 Å². The van der Waals surface area contributed by atoms with E-state index in [9.17, 15) is 14.4 Å². The Labute approximate surface area is 123 Å². The van der Waals surface area contributed by atoms with Gasteiger partial charge in [0.2, 0.25) is 5.91 Å². The number of esters is 1. The molecule has 0 aromatic carbocycles. The molecule has 0 saturated heterocycles. The van der Waals surface area contributed by atoms with Crippen LogP contribution in [0.25, 0.3) is 0 Å². The minimum Gasteiger partial charge on any atom is -0.448 e. The molecule has 0 spiro atoms. The molecule has 7 heteroatoms. The van der Waals surface area contributed by atoms with Gasteiger partial charge in [0.25, 0.3) is 5.91 Å². The maximum atomic E-state index is 12.0. The van der Waals surface area contributed by atoms with Gasteiger partial charge in [-0.15, -0.1) is 0 Å². The second-order valence-electron chi connectivity index (χ2n) is 5.48. The normalized spacial score (nSPS) is 21.0. The smallest absolute Gasteiger partial charge is 0.355 e. The van der Waals surface area contributed by atoms with Crippen molar-refractivity contribution in [2.45, 2.75) is 64.0 Å². The molecule has 7 nitrogen and oxygen atoms in total. The first-order valence-corrected chi connectivity index (χ1v) is 7.43. The van der Waals surface area contributed by atoms with E-state index in [1.807, 2.05) is 0 Å². The van der Waals surface area contributed by atoms with E-state index in [1.165, 1.54) is 13.3 Å². The van der Waals surface area contributed by atoms with E-state index in [1.54, 1.807) is 0 Å². The van der Waals surface area contributed by atoms with Crippen LogP contribution < -0.4 is 10.7 Å². The van der Waals surface area contributed by atoms with E-state index in [4.69, 9.17) is 4.74 Å². The predicted octanol–water partition coefficient (Wildman–Crippen LogP) is 0.633. The Hall–Kier alpha value is -1.92. The first-order valence-electron chi connectivity index (χ1n) is 7.43. The van der Waals surface area contributed by atoms with Gasteiger partial charge in [-0.2, -0.15) is 5.10 Å². The lowest BCUT2D eigenvalue weighted by molar-refractivity contribution is -0.149. The SMILES string of the molecule is C[C@H](OC(=O)C1=NNC(=O)CC1)C(=O)NC1CCCCC1. The Morgan fingerprint density at radius 1 is 1.29 bits per heavy atom. The summed E-state index contributed by atoms with van der Waals surface area (Å²) < 4.78 is 5.10. The summed E-state index contributed by atoms with van der Waals surface area (Å²) in [7, 11) is 0. The van der Waals surface area contributed by atoms with Crippen molar-refractivity contribution in [3.8, 4) is 0 Å². The largest absolute Gasteiger partial charge is 0.448 e. The predicted molar refractivity (Wildman–Crippen MR) is 75.4 cm³/mol. The van der Waals surface area contributed by atoms with Gasteiger partial charge >= 0.3 is 5.97 Å². The minimum absolute atomic E-state index is 0.145. The third-order valence-corrected chi connectivity index (χ3v) is 3.74. The molecule has 2 aliphatic rings. The second-order valence-corrected chi connectivity index (χ2v) is 5.48. The molecule has 1 aliphatic heterocycles. The molecule has 1 heterocycles. The summed E-state index contributed by atoms with van der Waals surface area (Å²) in [6, 6.07) is 0.179. The monoisotopic (exact) mass is 295 g/mol. The highest BCUT2D eigenvalue weighted by Gasteiger charge is 2.25. The fraction of sp³-hybridized carbons (Fsp3) is 0.714. The average Bonchev–Trinajstić information content (AvgIpc) is 2.48. The molecule has 1 saturated carbocycles. The van der Waals surface area contributed by atoms with Crippen LogP contribution >= 0.6 is 0 Å². The lowest BCUT2D eigenvalue weighted by Crippen LogP contribution is -2.43. The minimum atomic E-state index is -0.861. The number of carbonyl (C=O) groups excluding carboxylic acids is 3. The highest BCUT2D eigenvalue weighted by Crippen LogP contribution is 2.17. The number of hydrogen-bond acceptors (Lipinski definition) is 5. The number of rotatable bonds is 4. The number of ether oxygens (including phenoxy) is 1. The third-order valence-electron chi connectivity index (χ3n) is 3.74. The summed E-state index contributed by atoms with van der Waals surface area (Å²) in [5, 5.41) is 6.56. The van der Waals surface area contributed by atoms with Crippen LogP contribution in [0.5, 0.6) is 0 Å². The number of nitrogens with zero attached hydrogens (tertiary/aromatic N) is 1. The average molecular weight is 295 g/mol. The number of amides is 2. The van der Waals surface area contributed by atoms with Crippen molar-refractivity contribution < 1.29 is 19.1 Å². The van der Waals surface area contributed by atoms with Crippen molar-refractivity contribution in [1.29, 1.82) is 0 Å². The van der Waals surface area contributed by atoms with Gasteiger partial charge in [0.1, 0.15) is 5.71 Å². The molecule has 2 N–H and O–H groups in total. The van der Waals surface area contributed by atoms with E-state index < -0.39 is 12.1 Å². The van der Waals surface area contributed by atoms with Gasteiger partial charge in [-0.05, 0) is 19.8 Å². The molecular formula is C14H21N3O4. The molecule has 0 unspecified atom stereocenters. The number of hydrogen-bond donors (Lipinski definition) is 2. The highest BCUT2D eigenvalue weighted by molar-refractivity contribution is 6.37. The summed E-state index contributed by atoms with van der Waals surface area (Å²) in [6.45, 7) is 1.54. The standard InChI is InChI=1S/C14H21N3O4/c1-9(13(19)15-10-5-3-2-4-6-10)21-14(20)11-7-8-12(18)17-16-11/h9-10H,2-8H2,1H3,(H,15,19)(H,17,18)/t9-/m0/s1. The molecule has 0 bridgehead atoms. The van der Waals surface area contributed by atoms with Crippen molar-refractivity contribution in [1.82, 2.24) is 10.7 Å². The van der Waals surface area contributed by atoms with Crippen molar-refractivity contribution in [2.24, 2.45) is 5.10 Å². The Bertz CT molecular complexity index is 455. The summed E-state index contributed by atoms with van der Waals surface area (Å²) >= 11 is 0. The molecule has 0 aromatic heterocycles. The van der Waals surface area contributed by atoms with Gasteiger partial charge in [0, 0.05) is 18.9 Å². The van der Waals surface area contributed by atoms with E-state index in [2.05, 4.69) is 15.8 Å². The first-order chi connectivity index (χ1) is 10.1. The summed E-state index contributed by atoms with van der Waals surface area (Å²) in [5.74, 6) is -1.16. The van der Waals surface area contributed by atoms with Crippen LogP contribution in [0.3, 0.4) is 0 Å². The van der Waals surface area contributed by atoms with Crippen molar-refractivity contribution in [2.75, 3.05) is 0 Å². The van der Waals surface area contributed by atoms with Crippen LogP contribution in [0, 0.1) is 0 Å². The van der Waals surface area contributed by atoms with Crippen LogP contribution in [0.1, 0.15) is 51.9 Å². The molecule has 0 radical (unpaired) electrons. The van der Waals surface area contributed by atoms with Crippen LogP contribution in [0.2, 0.25) is 0 Å². The Morgan fingerprint density at radius 2 is 2.00 bits per heavy atom. The van der Waals surface area contributed by atoms with Gasteiger partial charge in [0.15, 0.2) is 6.10 Å². The molecule has 1 atom stereocenters. The lowest BCUT2D eigenvalue weighted by Gasteiger charge is -2.24. The van der Waals surface area contributed by atoms with Gasteiger partial charge in [0.05, 0.1) is 0 Å². The molecule has 21 heavy (non-hydrogen) atoms. The lowest BCUT2D eigenvalue weighted by atomic mass is 9.95. The van der Waals surface area contributed by atoms with Crippen LogP contribution in [-0.2, 0) is 19.1 Å². The second kappa shape index (κ2) is 7.19. The maximum Gasteiger partial charge on any atom is 0.355 e. The first kappa shape index (κ1) is 15.5. The van der Waals surface area contributed by atoms with Crippen LogP contribution in [-0.4, -0.2) is 35.6 Å². The molecule has 2 rings (SSSR count). The summed E-state index contributed by atoms with van der Waals surface area (Å²) in [4.78, 5) is 34.8. The zero-order chi connectivity index (χ0) is 15.2.